The Kier molecular flexibility index (Phi) is 4.76. The lowest BCUT2D eigenvalue weighted by atomic mass is 10.2. The van der Waals surface area contributed by atoms with Crippen LogP contribution < -0.4 is 10.1 Å². The molecule has 2 atom stereocenters. The molecule has 5 heteroatoms. The van der Waals surface area contributed by atoms with Gasteiger partial charge in [0.15, 0.2) is 0 Å². The summed E-state index contributed by atoms with van der Waals surface area (Å²) in [6.07, 6.45) is 0.431. The second-order valence-corrected chi connectivity index (χ2v) is 4.55. The zero-order chi connectivity index (χ0) is 13.7. The van der Waals surface area contributed by atoms with E-state index in [9.17, 15) is 9.90 Å². The summed E-state index contributed by atoms with van der Waals surface area (Å²) in [6.45, 7) is 3.27. The molecule has 1 fully saturated rings. The van der Waals surface area contributed by atoms with Gasteiger partial charge >= 0.3 is 5.97 Å². The third-order valence-electron chi connectivity index (χ3n) is 3.02. The number of β-amino-alcohol motifs (C(OH)–C–C–N with tert-alkyl or cyclic N) is 1. The van der Waals surface area contributed by atoms with Crippen LogP contribution in [-0.2, 0) is 4.74 Å². The van der Waals surface area contributed by atoms with Crippen molar-refractivity contribution in [1.29, 1.82) is 0 Å². The van der Waals surface area contributed by atoms with Crippen LogP contribution >= 0.6 is 0 Å². The van der Waals surface area contributed by atoms with E-state index in [1.165, 1.54) is 0 Å². The van der Waals surface area contributed by atoms with Crippen molar-refractivity contribution in [3.8, 4) is 5.75 Å². The zero-order valence-electron chi connectivity index (χ0n) is 11.0. The lowest BCUT2D eigenvalue weighted by molar-refractivity contribution is 0.0526. The van der Waals surface area contributed by atoms with Gasteiger partial charge in [-0.1, -0.05) is 0 Å². The molecule has 1 aromatic rings. The van der Waals surface area contributed by atoms with E-state index in [0.717, 1.165) is 0 Å². The molecule has 1 heterocycles. The molecule has 104 valence electrons. The van der Waals surface area contributed by atoms with Crippen LogP contribution in [0.2, 0.25) is 0 Å². The maximum atomic E-state index is 11.5. The normalized spacial score (nSPS) is 22.2. The van der Waals surface area contributed by atoms with Crippen LogP contribution in [0.25, 0.3) is 0 Å². The summed E-state index contributed by atoms with van der Waals surface area (Å²) in [7, 11) is 0. The minimum absolute atomic E-state index is 0.180. The standard InChI is InChI=1S/C14H19NO4/c1-2-18-14(17)10-3-5-13(6-4-10)19-9-11-7-12(16)8-15-11/h3-6,11-12,15-16H,2,7-9H2,1H3/t11-,12+/m0/s1. The van der Waals surface area contributed by atoms with E-state index < -0.39 is 0 Å². The van der Waals surface area contributed by atoms with Crippen molar-refractivity contribution >= 4 is 5.97 Å². The smallest absolute Gasteiger partial charge is 0.338 e. The van der Waals surface area contributed by atoms with Gasteiger partial charge in [-0.2, -0.15) is 0 Å². The fourth-order valence-corrected chi connectivity index (χ4v) is 2.02. The zero-order valence-corrected chi connectivity index (χ0v) is 11.0. The Balaban J connectivity index is 1.83. The average molecular weight is 265 g/mol. The molecule has 0 radical (unpaired) electrons. The van der Waals surface area contributed by atoms with Crippen LogP contribution in [0.5, 0.6) is 5.75 Å². The minimum atomic E-state index is -0.324. The highest BCUT2D eigenvalue weighted by molar-refractivity contribution is 5.89. The molecule has 0 unspecified atom stereocenters. The SMILES string of the molecule is CCOC(=O)c1ccc(OC[C@@H]2C[C@@H](O)CN2)cc1. The van der Waals surface area contributed by atoms with Gasteiger partial charge in [0.1, 0.15) is 12.4 Å². The van der Waals surface area contributed by atoms with E-state index in [0.29, 0.717) is 37.5 Å². The summed E-state index contributed by atoms with van der Waals surface area (Å²) in [6, 6.07) is 7.05. The molecule has 1 aliphatic heterocycles. The van der Waals surface area contributed by atoms with Gasteiger partial charge in [0.05, 0.1) is 18.3 Å². The van der Waals surface area contributed by atoms with Gasteiger partial charge in [0, 0.05) is 12.6 Å². The molecule has 0 amide bonds. The van der Waals surface area contributed by atoms with Crippen LogP contribution in [0, 0.1) is 0 Å². The van der Waals surface area contributed by atoms with Gasteiger partial charge < -0.3 is 19.9 Å². The minimum Gasteiger partial charge on any atom is -0.492 e. The van der Waals surface area contributed by atoms with E-state index in [1.807, 2.05) is 0 Å². The van der Waals surface area contributed by atoms with Crippen LogP contribution in [0.4, 0.5) is 0 Å². The van der Waals surface area contributed by atoms with Crippen LogP contribution in [0.15, 0.2) is 24.3 Å². The molecule has 2 N–H and O–H groups in total. The average Bonchev–Trinajstić information content (AvgIpc) is 2.83. The summed E-state index contributed by atoms with van der Waals surface area (Å²) in [4.78, 5) is 11.5. The number of hydrogen-bond acceptors (Lipinski definition) is 5. The summed E-state index contributed by atoms with van der Waals surface area (Å²) >= 11 is 0. The number of esters is 1. The number of ether oxygens (including phenoxy) is 2. The fourth-order valence-electron chi connectivity index (χ4n) is 2.02. The van der Waals surface area contributed by atoms with Crippen LogP contribution in [0.3, 0.4) is 0 Å². The van der Waals surface area contributed by atoms with Crippen molar-refractivity contribution < 1.29 is 19.4 Å². The highest BCUT2D eigenvalue weighted by Crippen LogP contribution is 2.15. The molecule has 0 bridgehead atoms. The summed E-state index contributed by atoms with van der Waals surface area (Å²) in [5, 5.41) is 12.5. The molecule has 1 aliphatic rings. The number of aliphatic hydroxyl groups is 1. The van der Waals surface area contributed by atoms with Crippen LogP contribution in [0.1, 0.15) is 23.7 Å². The summed E-state index contributed by atoms with van der Waals surface area (Å²) in [5.41, 5.74) is 0.517. The van der Waals surface area contributed by atoms with E-state index in [1.54, 1.807) is 31.2 Å². The molecule has 0 spiro atoms. The van der Waals surface area contributed by atoms with Crippen molar-refractivity contribution in [3.05, 3.63) is 29.8 Å². The Morgan fingerprint density at radius 2 is 2.16 bits per heavy atom. The molecule has 0 aliphatic carbocycles. The second kappa shape index (κ2) is 6.54. The van der Waals surface area contributed by atoms with Gasteiger partial charge in [0.2, 0.25) is 0 Å². The monoisotopic (exact) mass is 265 g/mol. The number of carbonyl (C=O) groups is 1. The first-order valence-corrected chi connectivity index (χ1v) is 6.50. The molecular formula is C14H19NO4. The Morgan fingerprint density at radius 1 is 1.42 bits per heavy atom. The first kappa shape index (κ1) is 13.8. The van der Waals surface area contributed by atoms with Crippen molar-refractivity contribution in [1.82, 2.24) is 5.32 Å². The topological polar surface area (TPSA) is 67.8 Å². The van der Waals surface area contributed by atoms with E-state index in [-0.39, 0.29) is 18.1 Å². The van der Waals surface area contributed by atoms with Gasteiger partial charge in [-0.15, -0.1) is 0 Å². The Labute approximate surface area is 112 Å². The lowest BCUT2D eigenvalue weighted by Gasteiger charge is -2.12. The number of rotatable bonds is 5. The molecule has 1 aromatic carbocycles. The van der Waals surface area contributed by atoms with Gasteiger partial charge in [-0.25, -0.2) is 4.79 Å². The summed E-state index contributed by atoms with van der Waals surface area (Å²) < 4.78 is 10.5. The molecular weight excluding hydrogens is 246 g/mol. The van der Waals surface area contributed by atoms with Crippen molar-refractivity contribution in [3.63, 3.8) is 0 Å². The molecule has 0 aromatic heterocycles. The van der Waals surface area contributed by atoms with Crippen molar-refractivity contribution in [2.75, 3.05) is 19.8 Å². The Morgan fingerprint density at radius 3 is 2.74 bits per heavy atom. The lowest BCUT2D eigenvalue weighted by Crippen LogP contribution is -2.28. The van der Waals surface area contributed by atoms with Crippen LogP contribution in [-0.4, -0.2) is 43.0 Å². The quantitative estimate of drug-likeness (QED) is 0.776. The molecule has 0 saturated carbocycles. The number of benzene rings is 1. The third-order valence-corrected chi connectivity index (χ3v) is 3.02. The van der Waals surface area contributed by atoms with E-state index >= 15 is 0 Å². The maximum absolute atomic E-state index is 11.5. The molecule has 5 nitrogen and oxygen atoms in total. The molecule has 2 rings (SSSR count). The number of aliphatic hydroxyl groups excluding tert-OH is 1. The van der Waals surface area contributed by atoms with Gasteiger partial charge in [0.25, 0.3) is 0 Å². The van der Waals surface area contributed by atoms with Gasteiger partial charge in [-0.05, 0) is 37.6 Å². The number of hydrogen-bond donors (Lipinski definition) is 2. The predicted octanol–water partition coefficient (Wildman–Crippen LogP) is 0.965. The first-order chi connectivity index (χ1) is 9.19. The highest BCUT2D eigenvalue weighted by atomic mass is 16.5. The van der Waals surface area contributed by atoms with Gasteiger partial charge in [-0.3, -0.25) is 0 Å². The predicted molar refractivity (Wildman–Crippen MR) is 70.3 cm³/mol. The van der Waals surface area contributed by atoms with Crippen molar-refractivity contribution in [2.45, 2.75) is 25.5 Å². The fraction of sp³-hybridized carbons (Fsp3) is 0.500. The largest absolute Gasteiger partial charge is 0.492 e. The molecule has 19 heavy (non-hydrogen) atoms. The second-order valence-electron chi connectivity index (χ2n) is 4.55. The maximum Gasteiger partial charge on any atom is 0.338 e. The van der Waals surface area contributed by atoms with E-state index in [2.05, 4.69) is 5.32 Å². The Hall–Kier alpha value is -1.59. The Bertz CT molecular complexity index is 418. The van der Waals surface area contributed by atoms with E-state index in [4.69, 9.17) is 9.47 Å². The third kappa shape index (κ3) is 3.94. The number of nitrogens with one attached hydrogen (secondary N) is 1. The van der Waals surface area contributed by atoms with Crippen molar-refractivity contribution in [2.24, 2.45) is 0 Å². The molecule has 1 saturated heterocycles. The number of carbonyl (C=O) groups excluding carboxylic acids is 1. The summed E-state index contributed by atoms with van der Waals surface area (Å²) in [5.74, 6) is 0.380. The first-order valence-electron chi connectivity index (χ1n) is 6.50. The highest BCUT2D eigenvalue weighted by Gasteiger charge is 2.22.